The third kappa shape index (κ3) is 5.38. The van der Waals surface area contributed by atoms with Gasteiger partial charge < -0.3 is 20.0 Å². The number of nitrogens with one attached hydrogen (secondary N) is 1. The summed E-state index contributed by atoms with van der Waals surface area (Å²) < 4.78 is 0. The minimum absolute atomic E-state index is 0.0613. The molecule has 2 aliphatic rings. The van der Waals surface area contributed by atoms with Gasteiger partial charge in [-0.2, -0.15) is 0 Å². The Morgan fingerprint density at radius 3 is 2.55 bits per heavy atom. The lowest BCUT2D eigenvalue weighted by molar-refractivity contribution is -0.125. The van der Waals surface area contributed by atoms with Gasteiger partial charge in [-0.15, -0.1) is 0 Å². The van der Waals surface area contributed by atoms with Crippen LogP contribution < -0.4 is 10.2 Å². The molecule has 8 nitrogen and oxygen atoms in total. The molecule has 0 bridgehead atoms. The van der Waals surface area contributed by atoms with E-state index in [1.54, 1.807) is 18.6 Å². The van der Waals surface area contributed by atoms with Gasteiger partial charge in [-0.1, -0.05) is 12.1 Å². The lowest BCUT2D eigenvalue weighted by atomic mass is 9.97. The normalized spacial score (nSPS) is 19.8. The summed E-state index contributed by atoms with van der Waals surface area (Å²) in [5.74, 6) is 0.899. The van der Waals surface area contributed by atoms with Crippen LogP contribution in [0, 0.1) is 5.92 Å². The molecule has 1 N–H and O–H groups in total. The monoisotopic (exact) mass is 422 g/mol. The van der Waals surface area contributed by atoms with E-state index in [1.807, 2.05) is 29.2 Å². The summed E-state index contributed by atoms with van der Waals surface area (Å²) in [4.78, 5) is 40.1. The van der Waals surface area contributed by atoms with E-state index in [9.17, 15) is 9.59 Å². The van der Waals surface area contributed by atoms with Gasteiger partial charge in [0.05, 0.1) is 12.1 Å². The first-order valence-corrected chi connectivity index (χ1v) is 11.0. The number of piperazine rings is 1. The first-order chi connectivity index (χ1) is 15.1. The van der Waals surface area contributed by atoms with Gasteiger partial charge in [0.15, 0.2) is 0 Å². The molecule has 0 spiro atoms. The van der Waals surface area contributed by atoms with Gasteiger partial charge in [0.25, 0.3) is 5.91 Å². The smallest absolute Gasteiger partial charge is 0.253 e. The van der Waals surface area contributed by atoms with Gasteiger partial charge in [0.2, 0.25) is 5.91 Å². The van der Waals surface area contributed by atoms with E-state index in [-0.39, 0.29) is 17.7 Å². The Hall–Kier alpha value is -3.00. The predicted octanol–water partition coefficient (Wildman–Crippen LogP) is 1.40. The van der Waals surface area contributed by atoms with Crippen LogP contribution in [0.1, 0.15) is 28.8 Å². The molecule has 4 rings (SSSR count). The van der Waals surface area contributed by atoms with Crippen LogP contribution in [0.25, 0.3) is 0 Å². The Kier molecular flexibility index (Phi) is 6.76. The summed E-state index contributed by atoms with van der Waals surface area (Å²) in [5.41, 5.74) is 1.69. The third-order valence-electron chi connectivity index (χ3n) is 6.12. The van der Waals surface area contributed by atoms with Crippen LogP contribution in [-0.4, -0.2) is 77.9 Å². The van der Waals surface area contributed by atoms with Gasteiger partial charge in [0, 0.05) is 63.8 Å². The van der Waals surface area contributed by atoms with Crippen molar-refractivity contribution in [3.63, 3.8) is 0 Å². The van der Waals surface area contributed by atoms with E-state index in [0.29, 0.717) is 18.7 Å². The van der Waals surface area contributed by atoms with Crippen molar-refractivity contribution in [2.24, 2.45) is 5.92 Å². The second kappa shape index (κ2) is 9.87. The Balaban J connectivity index is 1.28. The van der Waals surface area contributed by atoms with Crippen molar-refractivity contribution in [2.45, 2.75) is 19.4 Å². The van der Waals surface area contributed by atoms with E-state index in [4.69, 9.17) is 0 Å². The second-order valence-electron chi connectivity index (χ2n) is 8.36. The molecule has 2 aromatic rings. The minimum Gasteiger partial charge on any atom is -0.355 e. The Morgan fingerprint density at radius 1 is 1.06 bits per heavy atom. The summed E-state index contributed by atoms with van der Waals surface area (Å²) in [7, 11) is 2.07. The lowest BCUT2D eigenvalue weighted by Gasteiger charge is -2.32. The maximum atomic E-state index is 12.7. The van der Waals surface area contributed by atoms with Crippen LogP contribution in [0.4, 0.5) is 5.82 Å². The summed E-state index contributed by atoms with van der Waals surface area (Å²) in [6.45, 7) is 5.36. The highest BCUT2D eigenvalue weighted by Gasteiger charge is 2.26. The van der Waals surface area contributed by atoms with Crippen LogP contribution in [0.3, 0.4) is 0 Å². The molecule has 0 saturated carbocycles. The molecule has 2 amide bonds. The van der Waals surface area contributed by atoms with Crippen molar-refractivity contribution in [3.8, 4) is 0 Å². The number of benzene rings is 1. The highest BCUT2D eigenvalue weighted by molar-refractivity contribution is 5.94. The van der Waals surface area contributed by atoms with Crippen molar-refractivity contribution in [3.05, 3.63) is 54.0 Å². The van der Waals surface area contributed by atoms with E-state index >= 15 is 0 Å². The van der Waals surface area contributed by atoms with Crippen molar-refractivity contribution < 1.29 is 9.59 Å². The van der Waals surface area contributed by atoms with Crippen LogP contribution >= 0.6 is 0 Å². The number of likely N-dealkylation sites (N-methyl/N-ethyl adjacent to an activating group) is 1. The standard InChI is InChI=1S/C23H30N6O2/c1-27-11-13-28(14-12-27)23(31)19-6-4-18(5-7-19)15-26-22(30)20-3-2-10-29(17-20)21-16-24-8-9-25-21/h4-9,16,20H,2-3,10-15,17H2,1H3,(H,26,30). The van der Waals surface area contributed by atoms with Gasteiger partial charge in [-0.05, 0) is 37.6 Å². The molecule has 1 aromatic heterocycles. The molecule has 2 fully saturated rings. The zero-order valence-electron chi connectivity index (χ0n) is 18.0. The molecule has 31 heavy (non-hydrogen) atoms. The molecule has 2 saturated heterocycles. The molecule has 8 heteroatoms. The number of hydrogen-bond acceptors (Lipinski definition) is 6. The van der Waals surface area contributed by atoms with E-state index in [0.717, 1.165) is 56.9 Å². The second-order valence-corrected chi connectivity index (χ2v) is 8.36. The van der Waals surface area contributed by atoms with Crippen molar-refractivity contribution in [1.29, 1.82) is 0 Å². The summed E-state index contributed by atoms with van der Waals surface area (Å²) in [6.07, 6.45) is 6.91. The molecule has 1 unspecified atom stereocenters. The lowest BCUT2D eigenvalue weighted by Crippen LogP contribution is -2.47. The zero-order valence-corrected chi connectivity index (χ0v) is 18.0. The van der Waals surface area contributed by atoms with Gasteiger partial charge in [-0.25, -0.2) is 4.98 Å². The quantitative estimate of drug-likeness (QED) is 0.784. The van der Waals surface area contributed by atoms with Gasteiger partial charge in [-0.3, -0.25) is 14.6 Å². The maximum absolute atomic E-state index is 12.7. The fraction of sp³-hybridized carbons (Fsp3) is 0.478. The first kappa shape index (κ1) is 21.2. The Labute approximate surface area is 183 Å². The molecule has 2 aliphatic heterocycles. The first-order valence-electron chi connectivity index (χ1n) is 11.0. The largest absolute Gasteiger partial charge is 0.355 e. The number of nitrogens with zero attached hydrogens (tertiary/aromatic N) is 5. The number of hydrogen-bond donors (Lipinski definition) is 1. The number of rotatable bonds is 5. The molecule has 164 valence electrons. The van der Waals surface area contributed by atoms with E-state index in [1.165, 1.54) is 0 Å². The van der Waals surface area contributed by atoms with Crippen LogP contribution in [0.2, 0.25) is 0 Å². The molecular formula is C23H30N6O2. The Bertz CT molecular complexity index is 881. The summed E-state index contributed by atoms with van der Waals surface area (Å²) >= 11 is 0. The predicted molar refractivity (Wildman–Crippen MR) is 119 cm³/mol. The molecule has 1 aromatic carbocycles. The zero-order chi connectivity index (χ0) is 21.6. The van der Waals surface area contributed by atoms with E-state index in [2.05, 4.69) is 32.1 Å². The fourth-order valence-corrected chi connectivity index (χ4v) is 4.14. The number of carbonyl (C=O) groups excluding carboxylic acids is 2. The number of carbonyl (C=O) groups is 2. The average molecular weight is 423 g/mol. The number of anilines is 1. The third-order valence-corrected chi connectivity index (χ3v) is 6.12. The minimum atomic E-state index is -0.0613. The number of piperidine rings is 1. The summed E-state index contributed by atoms with van der Waals surface area (Å²) in [6, 6.07) is 7.57. The topological polar surface area (TPSA) is 81.7 Å². The van der Waals surface area contributed by atoms with Crippen LogP contribution in [0.15, 0.2) is 42.9 Å². The highest BCUT2D eigenvalue weighted by atomic mass is 16.2. The molecule has 1 atom stereocenters. The Morgan fingerprint density at radius 2 is 1.84 bits per heavy atom. The van der Waals surface area contributed by atoms with Gasteiger partial charge in [0.1, 0.15) is 5.82 Å². The number of amides is 2. The van der Waals surface area contributed by atoms with Crippen molar-refractivity contribution >= 4 is 17.6 Å². The highest BCUT2D eigenvalue weighted by Crippen LogP contribution is 2.21. The fourth-order valence-electron chi connectivity index (χ4n) is 4.14. The molecule has 3 heterocycles. The van der Waals surface area contributed by atoms with Crippen LogP contribution in [0.5, 0.6) is 0 Å². The average Bonchev–Trinajstić information content (AvgIpc) is 2.83. The maximum Gasteiger partial charge on any atom is 0.253 e. The molecular weight excluding hydrogens is 392 g/mol. The summed E-state index contributed by atoms with van der Waals surface area (Å²) in [5, 5.41) is 3.06. The molecule has 0 aliphatic carbocycles. The molecule has 0 radical (unpaired) electrons. The van der Waals surface area contributed by atoms with Crippen molar-refractivity contribution in [1.82, 2.24) is 25.1 Å². The SMILES string of the molecule is CN1CCN(C(=O)c2ccc(CNC(=O)C3CCCN(c4cnccn4)C3)cc2)CC1. The van der Waals surface area contributed by atoms with Gasteiger partial charge >= 0.3 is 0 Å². The van der Waals surface area contributed by atoms with Crippen LogP contribution in [-0.2, 0) is 11.3 Å². The number of aromatic nitrogens is 2. The van der Waals surface area contributed by atoms with E-state index < -0.39 is 0 Å². The van der Waals surface area contributed by atoms with Crippen molar-refractivity contribution in [2.75, 3.05) is 51.2 Å².